The molecule has 2 aromatic carbocycles. The number of nitrogen functional groups attached to an aromatic ring is 1. The summed E-state index contributed by atoms with van der Waals surface area (Å²) in [7, 11) is 1.41. The summed E-state index contributed by atoms with van der Waals surface area (Å²) in [6, 6.07) is 8.49. The molecule has 120 valence electrons. The van der Waals surface area contributed by atoms with E-state index >= 15 is 0 Å². The number of nitrogens with one attached hydrogen (secondary N) is 1. The largest absolute Gasteiger partial charge is 0.511 e. The van der Waals surface area contributed by atoms with Gasteiger partial charge in [0.25, 0.3) is 5.69 Å². The van der Waals surface area contributed by atoms with Gasteiger partial charge in [-0.1, -0.05) is 0 Å². The van der Waals surface area contributed by atoms with Crippen LogP contribution in [0.2, 0.25) is 0 Å². The van der Waals surface area contributed by atoms with Crippen LogP contribution in [0.15, 0.2) is 36.4 Å². The molecule has 0 spiro atoms. The van der Waals surface area contributed by atoms with Crippen LogP contribution >= 0.6 is 0 Å². The van der Waals surface area contributed by atoms with Crippen molar-refractivity contribution in [3.63, 3.8) is 0 Å². The van der Waals surface area contributed by atoms with E-state index in [-0.39, 0.29) is 28.5 Å². The summed E-state index contributed by atoms with van der Waals surface area (Å²) in [6.45, 7) is 0. The van der Waals surface area contributed by atoms with Gasteiger partial charge in [0.2, 0.25) is 0 Å². The number of hydrogen-bond acceptors (Lipinski definition) is 7. The van der Waals surface area contributed by atoms with Gasteiger partial charge in [-0.05, 0) is 24.3 Å². The fourth-order valence-corrected chi connectivity index (χ4v) is 1.86. The van der Waals surface area contributed by atoms with E-state index in [9.17, 15) is 14.9 Å². The number of rotatable bonds is 5. The molecule has 9 nitrogen and oxygen atoms in total. The Hall–Kier alpha value is -3.49. The molecule has 0 saturated carbocycles. The van der Waals surface area contributed by atoms with Gasteiger partial charge < -0.3 is 25.6 Å². The topological polar surface area (TPSA) is 137 Å². The maximum absolute atomic E-state index is 11.1. The number of nitrogens with zero attached hydrogens (tertiary/aromatic N) is 1. The lowest BCUT2D eigenvalue weighted by Crippen LogP contribution is -2.06. The van der Waals surface area contributed by atoms with Crippen molar-refractivity contribution in [3.8, 4) is 11.5 Å². The first-order chi connectivity index (χ1) is 10.9. The highest BCUT2D eigenvalue weighted by Gasteiger charge is 2.17. The Kier molecular flexibility index (Phi) is 4.50. The van der Waals surface area contributed by atoms with Crippen LogP contribution in [0.3, 0.4) is 0 Å². The monoisotopic (exact) mass is 319 g/mol. The van der Waals surface area contributed by atoms with Gasteiger partial charge in [0, 0.05) is 17.8 Å². The second-order valence-corrected chi connectivity index (χ2v) is 4.39. The predicted molar refractivity (Wildman–Crippen MR) is 82.4 cm³/mol. The van der Waals surface area contributed by atoms with Crippen molar-refractivity contribution in [1.82, 2.24) is 0 Å². The molecule has 9 heteroatoms. The number of methoxy groups -OCH3 is 1. The van der Waals surface area contributed by atoms with Crippen LogP contribution in [0.25, 0.3) is 0 Å². The minimum absolute atomic E-state index is 0.0528. The van der Waals surface area contributed by atoms with E-state index in [4.69, 9.17) is 15.6 Å². The van der Waals surface area contributed by atoms with Gasteiger partial charge in [0.15, 0.2) is 5.75 Å². The SMILES string of the molecule is COc1ccc(Nc2ccc(N)cc2[N+](=O)[O-])c(OC(=O)O)c1. The highest BCUT2D eigenvalue weighted by Crippen LogP contribution is 2.35. The summed E-state index contributed by atoms with van der Waals surface area (Å²) in [4.78, 5) is 21.3. The molecule has 2 rings (SSSR count). The third kappa shape index (κ3) is 3.79. The van der Waals surface area contributed by atoms with E-state index in [2.05, 4.69) is 10.1 Å². The third-order valence-electron chi connectivity index (χ3n) is 2.87. The second kappa shape index (κ2) is 6.52. The minimum atomic E-state index is -1.52. The Bertz CT molecular complexity index is 762. The molecule has 0 atom stereocenters. The average molecular weight is 319 g/mol. The van der Waals surface area contributed by atoms with Crippen molar-refractivity contribution < 1.29 is 24.3 Å². The zero-order chi connectivity index (χ0) is 17.0. The van der Waals surface area contributed by atoms with Gasteiger partial charge in [0.05, 0.1) is 17.7 Å². The van der Waals surface area contributed by atoms with Gasteiger partial charge in [-0.15, -0.1) is 0 Å². The Morgan fingerprint density at radius 1 is 1.26 bits per heavy atom. The molecule has 0 saturated heterocycles. The van der Waals surface area contributed by atoms with Crippen molar-refractivity contribution in [2.75, 3.05) is 18.2 Å². The van der Waals surface area contributed by atoms with Crippen LogP contribution in [0.4, 0.5) is 27.5 Å². The van der Waals surface area contributed by atoms with Gasteiger partial charge in [-0.25, -0.2) is 4.79 Å². The Labute approximate surface area is 130 Å². The molecule has 0 bridgehead atoms. The fourth-order valence-electron chi connectivity index (χ4n) is 1.86. The lowest BCUT2D eigenvalue weighted by atomic mass is 10.2. The number of benzene rings is 2. The quantitative estimate of drug-likeness (QED) is 0.251. The van der Waals surface area contributed by atoms with Gasteiger partial charge in [0.1, 0.15) is 11.4 Å². The molecule has 0 aliphatic rings. The third-order valence-corrected chi connectivity index (χ3v) is 2.87. The number of nitro groups is 1. The highest BCUT2D eigenvalue weighted by molar-refractivity contribution is 5.77. The van der Waals surface area contributed by atoms with Crippen LogP contribution in [0.5, 0.6) is 11.5 Å². The fraction of sp³-hybridized carbons (Fsp3) is 0.0714. The molecule has 0 unspecified atom stereocenters. The van der Waals surface area contributed by atoms with Crippen molar-refractivity contribution >= 4 is 28.9 Å². The first-order valence-electron chi connectivity index (χ1n) is 6.30. The molecule has 0 aliphatic heterocycles. The number of hydrogen-bond donors (Lipinski definition) is 3. The van der Waals surface area contributed by atoms with Crippen LogP contribution < -0.4 is 20.5 Å². The van der Waals surface area contributed by atoms with E-state index in [0.29, 0.717) is 5.75 Å². The molecule has 0 heterocycles. The summed E-state index contributed by atoms with van der Waals surface area (Å²) >= 11 is 0. The minimum Gasteiger partial charge on any atom is -0.497 e. The Morgan fingerprint density at radius 2 is 1.96 bits per heavy atom. The molecule has 2 aromatic rings. The Morgan fingerprint density at radius 3 is 2.57 bits per heavy atom. The maximum Gasteiger partial charge on any atom is 0.511 e. The smallest absolute Gasteiger partial charge is 0.497 e. The van der Waals surface area contributed by atoms with Crippen molar-refractivity contribution in [1.29, 1.82) is 0 Å². The number of nitrogens with two attached hydrogens (primary N) is 1. The number of ether oxygens (including phenoxy) is 2. The summed E-state index contributed by atoms with van der Waals surface area (Å²) < 4.78 is 9.66. The number of carbonyl (C=O) groups is 1. The normalized spacial score (nSPS) is 9.96. The average Bonchev–Trinajstić information content (AvgIpc) is 2.49. The first-order valence-corrected chi connectivity index (χ1v) is 6.30. The molecule has 0 aliphatic carbocycles. The molecule has 23 heavy (non-hydrogen) atoms. The maximum atomic E-state index is 11.1. The molecular formula is C14H13N3O6. The van der Waals surface area contributed by atoms with E-state index in [0.717, 1.165) is 0 Å². The zero-order valence-corrected chi connectivity index (χ0v) is 12.0. The summed E-state index contributed by atoms with van der Waals surface area (Å²) in [6.07, 6.45) is -1.52. The summed E-state index contributed by atoms with van der Waals surface area (Å²) in [5.41, 5.74) is 5.89. The lowest BCUT2D eigenvalue weighted by molar-refractivity contribution is -0.383. The van der Waals surface area contributed by atoms with Crippen LogP contribution in [0, 0.1) is 10.1 Å². The molecule has 0 aromatic heterocycles. The molecule has 0 radical (unpaired) electrons. The van der Waals surface area contributed by atoms with E-state index in [1.807, 2.05) is 0 Å². The van der Waals surface area contributed by atoms with Crippen LogP contribution in [0.1, 0.15) is 0 Å². The highest BCUT2D eigenvalue weighted by atomic mass is 16.7. The van der Waals surface area contributed by atoms with Gasteiger partial charge in [-0.2, -0.15) is 0 Å². The molecular weight excluding hydrogens is 306 g/mol. The standard InChI is InChI=1S/C14H13N3O6/c1-22-9-3-5-11(13(7-9)23-14(18)19)16-10-4-2-8(15)6-12(10)17(20)21/h2-7,16H,15H2,1H3,(H,18,19). The Balaban J connectivity index is 2.43. The predicted octanol–water partition coefficient (Wildman–Crippen LogP) is 2.99. The summed E-state index contributed by atoms with van der Waals surface area (Å²) in [5, 5.41) is 22.6. The van der Waals surface area contributed by atoms with Crippen molar-refractivity contribution in [2.45, 2.75) is 0 Å². The molecule has 4 N–H and O–H groups in total. The van der Waals surface area contributed by atoms with E-state index in [1.165, 1.54) is 37.4 Å². The van der Waals surface area contributed by atoms with Gasteiger partial charge >= 0.3 is 6.16 Å². The molecule has 0 fully saturated rings. The van der Waals surface area contributed by atoms with Crippen molar-refractivity contribution in [2.24, 2.45) is 0 Å². The number of nitro benzene ring substituents is 1. The van der Waals surface area contributed by atoms with Crippen molar-refractivity contribution in [3.05, 3.63) is 46.5 Å². The first kappa shape index (κ1) is 15.9. The lowest BCUT2D eigenvalue weighted by Gasteiger charge is -2.12. The van der Waals surface area contributed by atoms with E-state index in [1.54, 1.807) is 6.07 Å². The zero-order valence-electron chi connectivity index (χ0n) is 12.0. The van der Waals surface area contributed by atoms with Crippen LogP contribution in [-0.4, -0.2) is 23.3 Å². The molecule has 0 amide bonds. The van der Waals surface area contributed by atoms with Crippen LogP contribution in [-0.2, 0) is 0 Å². The number of anilines is 3. The second-order valence-electron chi connectivity index (χ2n) is 4.39. The van der Waals surface area contributed by atoms with Gasteiger partial charge in [-0.3, -0.25) is 10.1 Å². The summed E-state index contributed by atoms with van der Waals surface area (Å²) in [5.74, 6) is 0.321. The van der Waals surface area contributed by atoms with E-state index < -0.39 is 11.1 Å². The number of carboxylic acid groups (broad SMARTS) is 1.